The number of thiazole rings is 1. The topological polar surface area (TPSA) is 12.9 Å². The number of rotatable bonds is 8. The van der Waals surface area contributed by atoms with E-state index in [0.29, 0.717) is 0 Å². The third-order valence-electron chi connectivity index (χ3n) is 9.85. The fraction of sp³-hybridized carbons (Fsp3) is 0.0200. The van der Waals surface area contributed by atoms with Crippen LogP contribution in [-0.4, -0.2) is 4.98 Å². The van der Waals surface area contributed by atoms with Crippen molar-refractivity contribution in [2.75, 3.05) is 0 Å². The average molecular weight is 714 g/mol. The third-order valence-corrected chi connectivity index (χ3v) is 12.0. The number of benzene rings is 7. The highest BCUT2D eigenvalue weighted by atomic mass is 32.1. The lowest BCUT2D eigenvalue weighted by Crippen LogP contribution is -1.87. The first-order valence-corrected chi connectivity index (χ1v) is 19.4. The van der Waals surface area contributed by atoms with Crippen LogP contribution in [-0.2, 0) is 0 Å². The van der Waals surface area contributed by atoms with Crippen molar-refractivity contribution in [2.45, 2.75) is 6.92 Å². The van der Waals surface area contributed by atoms with E-state index in [9.17, 15) is 0 Å². The average Bonchev–Trinajstić information content (AvgIpc) is 3.80. The Kier molecular flexibility index (Phi) is 8.73. The minimum atomic E-state index is 1.02. The molecule has 0 saturated heterocycles. The summed E-state index contributed by atoms with van der Waals surface area (Å²) in [6.45, 7) is 6.05. The molecular formula is C50H35NS2. The Balaban J connectivity index is 1.14. The minimum absolute atomic E-state index is 1.02. The van der Waals surface area contributed by atoms with E-state index >= 15 is 0 Å². The van der Waals surface area contributed by atoms with Crippen LogP contribution in [0.4, 0.5) is 0 Å². The van der Waals surface area contributed by atoms with Gasteiger partial charge in [0.2, 0.25) is 0 Å². The summed E-state index contributed by atoms with van der Waals surface area (Å²) in [7, 11) is 0. The molecule has 3 heteroatoms. The van der Waals surface area contributed by atoms with Crippen LogP contribution in [0.3, 0.4) is 0 Å². The van der Waals surface area contributed by atoms with Crippen molar-refractivity contribution in [1.82, 2.24) is 4.98 Å². The maximum Gasteiger partial charge on any atom is 0.124 e. The second-order valence-corrected chi connectivity index (χ2v) is 15.5. The van der Waals surface area contributed by atoms with Gasteiger partial charge in [-0.15, -0.1) is 22.7 Å². The number of allylic oxidation sites excluding steroid dienone is 2. The molecule has 0 bridgehead atoms. The molecule has 9 aromatic rings. The Morgan fingerprint density at radius 1 is 0.472 bits per heavy atom. The molecule has 0 amide bonds. The van der Waals surface area contributed by atoms with Gasteiger partial charge in [0.1, 0.15) is 5.01 Å². The van der Waals surface area contributed by atoms with Crippen LogP contribution in [0.5, 0.6) is 0 Å². The van der Waals surface area contributed by atoms with Crippen molar-refractivity contribution in [3.63, 3.8) is 0 Å². The van der Waals surface area contributed by atoms with Gasteiger partial charge in [-0.25, -0.2) is 4.98 Å². The molecule has 0 radical (unpaired) electrons. The fourth-order valence-electron chi connectivity index (χ4n) is 7.14. The Hall–Kier alpha value is -6.13. The largest absolute Gasteiger partial charge is 0.235 e. The number of hydrogen-bond acceptors (Lipinski definition) is 3. The van der Waals surface area contributed by atoms with E-state index in [-0.39, 0.29) is 0 Å². The van der Waals surface area contributed by atoms with Crippen LogP contribution < -0.4 is 0 Å². The Labute approximate surface area is 318 Å². The van der Waals surface area contributed by atoms with Crippen LogP contribution in [0.25, 0.3) is 92.6 Å². The molecule has 0 unspecified atom stereocenters. The third kappa shape index (κ3) is 6.46. The van der Waals surface area contributed by atoms with Gasteiger partial charge in [0, 0.05) is 26.1 Å². The molecule has 2 aromatic heterocycles. The summed E-state index contributed by atoms with van der Waals surface area (Å²) >= 11 is 3.60. The van der Waals surface area contributed by atoms with Gasteiger partial charge in [-0.2, -0.15) is 0 Å². The van der Waals surface area contributed by atoms with E-state index in [1.165, 1.54) is 69.7 Å². The number of aryl methyl sites for hydroxylation is 1. The highest BCUT2D eigenvalue weighted by Crippen LogP contribution is 2.41. The minimum Gasteiger partial charge on any atom is -0.235 e. The summed E-state index contributed by atoms with van der Waals surface area (Å²) in [4.78, 5) is 6.67. The lowest BCUT2D eigenvalue weighted by Gasteiger charge is -2.11. The predicted octanol–water partition coefficient (Wildman–Crippen LogP) is 15.0. The first-order valence-electron chi connectivity index (χ1n) is 17.8. The zero-order chi connectivity index (χ0) is 35.7. The van der Waals surface area contributed by atoms with Crippen molar-refractivity contribution in [1.29, 1.82) is 0 Å². The van der Waals surface area contributed by atoms with Crippen molar-refractivity contribution < 1.29 is 0 Å². The molecular weight excluding hydrogens is 679 g/mol. The molecule has 9 rings (SSSR count). The van der Waals surface area contributed by atoms with Gasteiger partial charge in [0.25, 0.3) is 0 Å². The molecule has 0 spiro atoms. The molecule has 0 fully saturated rings. The molecule has 0 N–H and O–H groups in total. The fourth-order valence-corrected chi connectivity index (χ4v) is 9.21. The lowest BCUT2D eigenvalue weighted by atomic mass is 9.94. The molecule has 0 aliphatic rings. The summed E-state index contributed by atoms with van der Waals surface area (Å²) in [6.07, 6.45) is 6.02. The van der Waals surface area contributed by atoms with Gasteiger partial charge >= 0.3 is 0 Å². The molecule has 7 aromatic carbocycles. The monoisotopic (exact) mass is 713 g/mol. The maximum atomic E-state index is 5.35. The predicted molar refractivity (Wildman–Crippen MR) is 232 cm³/mol. The number of fused-ring (bicyclic) bond motifs is 2. The molecule has 0 aliphatic heterocycles. The number of thiophene rings is 1. The smallest absolute Gasteiger partial charge is 0.124 e. The van der Waals surface area contributed by atoms with Gasteiger partial charge < -0.3 is 0 Å². The number of nitrogens with zero attached hydrogens (tertiary/aromatic N) is 1. The van der Waals surface area contributed by atoms with Crippen LogP contribution in [0.1, 0.15) is 10.4 Å². The summed E-state index contributed by atoms with van der Waals surface area (Å²) < 4.78 is 2.47. The summed E-state index contributed by atoms with van der Waals surface area (Å²) in [5.74, 6) is 0. The van der Waals surface area contributed by atoms with Crippen molar-refractivity contribution in [3.8, 4) is 66.2 Å². The quantitative estimate of drug-likeness (QED) is 0.143. The van der Waals surface area contributed by atoms with Gasteiger partial charge in [-0.1, -0.05) is 152 Å². The van der Waals surface area contributed by atoms with Gasteiger partial charge in [0.15, 0.2) is 0 Å². The van der Waals surface area contributed by atoms with Gasteiger partial charge in [0.05, 0.1) is 10.2 Å². The Bertz CT molecular complexity index is 2780. The van der Waals surface area contributed by atoms with E-state index in [2.05, 4.69) is 183 Å². The van der Waals surface area contributed by atoms with Crippen LogP contribution in [0.15, 0.2) is 183 Å². The van der Waals surface area contributed by atoms with E-state index in [0.717, 1.165) is 27.2 Å². The standard InChI is InChI=1S/C50H35NS2/c1-3-4-21-44-33(2)52-47-27-26-41(30-46(44)47)36-22-24-37(25-23-36)50-51-49-45(42-20-12-18-39(29-42)35-15-9-6-10-16-35)31-43(32-48(49)53-50)40-19-11-17-38(28-40)34-13-7-5-8-14-34/h3-32H,1H2,2H3/b21-4-. The van der Waals surface area contributed by atoms with Crippen molar-refractivity contribution in [3.05, 3.63) is 193 Å². The zero-order valence-electron chi connectivity index (χ0n) is 29.3. The van der Waals surface area contributed by atoms with E-state index in [1.54, 1.807) is 11.3 Å². The number of aromatic nitrogens is 1. The van der Waals surface area contributed by atoms with Crippen LogP contribution >= 0.6 is 22.7 Å². The van der Waals surface area contributed by atoms with E-state index in [1.807, 2.05) is 23.5 Å². The zero-order valence-corrected chi connectivity index (χ0v) is 30.9. The van der Waals surface area contributed by atoms with Crippen molar-refractivity contribution >= 4 is 49.1 Å². The molecule has 2 heterocycles. The number of hydrogen-bond donors (Lipinski definition) is 0. The van der Waals surface area contributed by atoms with E-state index in [4.69, 9.17) is 4.98 Å². The molecule has 0 saturated carbocycles. The van der Waals surface area contributed by atoms with E-state index < -0.39 is 0 Å². The summed E-state index contributed by atoms with van der Waals surface area (Å²) in [5, 5.41) is 2.30. The Morgan fingerprint density at radius 2 is 1.02 bits per heavy atom. The molecule has 252 valence electrons. The first-order chi connectivity index (χ1) is 26.1. The molecule has 0 atom stereocenters. The van der Waals surface area contributed by atoms with Gasteiger partial charge in [-0.05, 0) is 99.0 Å². The molecule has 1 nitrogen and oxygen atoms in total. The molecule has 0 aliphatic carbocycles. The SMILES string of the molecule is C=C/C=C\c1c(C)sc2ccc(-c3ccc(-c4nc5c(-c6cccc(-c7ccccc7)c6)cc(-c6cccc(-c7ccccc7)c6)cc5s4)cc3)cc12. The summed E-state index contributed by atoms with van der Waals surface area (Å²) in [6, 6.07) is 59.2. The Morgan fingerprint density at radius 3 is 1.70 bits per heavy atom. The highest BCUT2D eigenvalue weighted by molar-refractivity contribution is 7.21. The van der Waals surface area contributed by atoms with Crippen LogP contribution in [0.2, 0.25) is 0 Å². The maximum absolute atomic E-state index is 5.35. The van der Waals surface area contributed by atoms with Crippen LogP contribution in [0, 0.1) is 6.92 Å². The summed E-state index contributed by atoms with van der Waals surface area (Å²) in [5.41, 5.74) is 15.3. The van der Waals surface area contributed by atoms with Gasteiger partial charge in [-0.3, -0.25) is 0 Å². The lowest BCUT2D eigenvalue weighted by molar-refractivity contribution is 1.47. The second kappa shape index (κ2) is 14.1. The highest BCUT2D eigenvalue weighted by Gasteiger charge is 2.16. The first kappa shape index (κ1) is 32.8. The van der Waals surface area contributed by atoms with Crippen molar-refractivity contribution in [2.24, 2.45) is 0 Å². The normalized spacial score (nSPS) is 11.5. The molecule has 53 heavy (non-hydrogen) atoms. The second-order valence-electron chi connectivity index (χ2n) is 13.2.